The van der Waals surface area contributed by atoms with Crippen molar-refractivity contribution < 1.29 is 9.47 Å². The molecule has 64 valence electrons. The molecule has 0 spiro atoms. The van der Waals surface area contributed by atoms with E-state index in [0.29, 0.717) is 6.61 Å². The molecular weight excluding hydrogens is 208 g/mol. The van der Waals surface area contributed by atoms with Crippen molar-refractivity contribution in [1.82, 2.24) is 0 Å². The van der Waals surface area contributed by atoms with Gasteiger partial charge in [0, 0.05) is 6.42 Å². The van der Waals surface area contributed by atoms with E-state index in [0.717, 1.165) is 10.9 Å². The summed E-state index contributed by atoms with van der Waals surface area (Å²) >= 11 is 3.29. The average Bonchev–Trinajstić information content (AvgIpc) is 2.08. The van der Waals surface area contributed by atoms with Gasteiger partial charge in [-0.1, -0.05) is 22.5 Å². The molecule has 0 aromatic carbocycles. The summed E-state index contributed by atoms with van der Waals surface area (Å²) in [6.45, 7) is 8.25. The zero-order chi connectivity index (χ0) is 8.48. The summed E-state index contributed by atoms with van der Waals surface area (Å²) in [6.07, 6.45) is 0.987. The van der Waals surface area contributed by atoms with Gasteiger partial charge in [0.2, 0.25) is 0 Å². The standard InChI is InChI=1S/C8H13BrO2/c1-6(9)4-7-5-10-8(2,3)11-7/h7H,1,4-5H2,2-3H3/t7-/m1/s1. The SMILES string of the molecule is C=C(Br)C[C@@H]1COC(C)(C)O1. The average molecular weight is 221 g/mol. The fraction of sp³-hybridized carbons (Fsp3) is 0.750. The van der Waals surface area contributed by atoms with Crippen LogP contribution in [0.3, 0.4) is 0 Å². The van der Waals surface area contributed by atoms with Gasteiger partial charge in [-0.2, -0.15) is 0 Å². The summed E-state index contributed by atoms with van der Waals surface area (Å²) in [5.41, 5.74) is 0. The van der Waals surface area contributed by atoms with E-state index in [1.807, 2.05) is 13.8 Å². The molecule has 1 fully saturated rings. The number of rotatable bonds is 2. The Hall–Kier alpha value is 0.140. The quantitative estimate of drug-likeness (QED) is 0.712. The van der Waals surface area contributed by atoms with Crippen LogP contribution in [-0.2, 0) is 9.47 Å². The molecule has 0 saturated carbocycles. The molecule has 0 unspecified atom stereocenters. The van der Waals surface area contributed by atoms with E-state index in [-0.39, 0.29) is 6.10 Å². The van der Waals surface area contributed by atoms with Crippen molar-refractivity contribution in [3.8, 4) is 0 Å². The Kier molecular flexibility index (Phi) is 2.73. The molecule has 0 N–H and O–H groups in total. The zero-order valence-electron chi connectivity index (χ0n) is 6.89. The minimum atomic E-state index is -0.410. The summed E-state index contributed by atoms with van der Waals surface area (Å²) in [5, 5.41) is 0. The first kappa shape index (κ1) is 9.23. The smallest absolute Gasteiger partial charge is 0.163 e. The highest BCUT2D eigenvalue weighted by Crippen LogP contribution is 2.26. The Morgan fingerprint density at radius 3 is 2.73 bits per heavy atom. The molecule has 0 amide bonds. The van der Waals surface area contributed by atoms with Crippen LogP contribution in [0.1, 0.15) is 20.3 Å². The van der Waals surface area contributed by atoms with E-state index in [1.165, 1.54) is 0 Å². The summed E-state index contributed by atoms with van der Waals surface area (Å²) in [5.74, 6) is -0.410. The van der Waals surface area contributed by atoms with Gasteiger partial charge in [0.05, 0.1) is 12.7 Å². The van der Waals surface area contributed by atoms with Gasteiger partial charge in [0.25, 0.3) is 0 Å². The number of hydrogen-bond donors (Lipinski definition) is 0. The summed E-state index contributed by atoms with van der Waals surface area (Å²) in [4.78, 5) is 0. The molecule has 1 aliphatic rings. The fourth-order valence-corrected chi connectivity index (χ4v) is 1.47. The number of halogens is 1. The molecule has 0 aromatic heterocycles. The lowest BCUT2D eigenvalue weighted by Gasteiger charge is -2.16. The van der Waals surface area contributed by atoms with Gasteiger partial charge in [-0.3, -0.25) is 0 Å². The second-order valence-electron chi connectivity index (χ2n) is 3.17. The highest BCUT2D eigenvalue weighted by atomic mass is 79.9. The van der Waals surface area contributed by atoms with Crippen LogP contribution < -0.4 is 0 Å². The van der Waals surface area contributed by atoms with Gasteiger partial charge in [-0.05, 0) is 18.3 Å². The topological polar surface area (TPSA) is 18.5 Å². The summed E-state index contributed by atoms with van der Waals surface area (Å²) in [6, 6.07) is 0. The predicted molar refractivity (Wildman–Crippen MR) is 47.6 cm³/mol. The van der Waals surface area contributed by atoms with Crippen molar-refractivity contribution in [2.24, 2.45) is 0 Å². The number of ether oxygens (including phenoxy) is 2. The van der Waals surface area contributed by atoms with Crippen LogP contribution in [0.5, 0.6) is 0 Å². The van der Waals surface area contributed by atoms with Crippen molar-refractivity contribution in [3.05, 3.63) is 11.1 Å². The van der Waals surface area contributed by atoms with Crippen molar-refractivity contribution in [2.75, 3.05) is 6.61 Å². The molecular formula is C8H13BrO2. The van der Waals surface area contributed by atoms with Crippen LogP contribution in [0.25, 0.3) is 0 Å². The highest BCUT2D eigenvalue weighted by Gasteiger charge is 2.32. The molecule has 1 rings (SSSR count). The molecule has 1 saturated heterocycles. The van der Waals surface area contributed by atoms with Crippen LogP contribution in [-0.4, -0.2) is 18.5 Å². The van der Waals surface area contributed by atoms with Crippen LogP contribution in [0.15, 0.2) is 11.1 Å². The van der Waals surface area contributed by atoms with Gasteiger partial charge >= 0.3 is 0 Å². The van der Waals surface area contributed by atoms with Crippen molar-refractivity contribution in [2.45, 2.75) is 32.2 Å². The van der Waals surface area contributed by atoms with E-state index < -0.39 is 5.79 Å². The molecule has 0 bridgehead atoms. The van der Waals surface area contributed by atoms with E-state index in [1.54, 1.807) is 0 Å². The minimum absolute atomic E-state index is 0.164. The van der Waals surface area contributed by atoms with E-state index in [4.69, 9.17) is 9.47 Å². The Morgan fingerprint density at radius 2 is 2.36 bits per heavy atom. The summed E-state index contributed by atoms with van der Waals surface area (Å²) in [7, 11) is 0. The fourth-order valence-electron chi connectivity index (χ4n) is 1.11. The van der Waals surface area contributed by atoms with Gasteiger partial charge in [0.1, 0.15) is 0 Å². The van der Waals surface area contributed by atoms with Crippen molar-refractivity contribution in [3.63, 3.8) is 0 Å². The van der Waals surface area contributed by atoms with Crippen LogP contribution in [0, 0.1) is 0 Å². The second-order valence-corrected chi connectivity index (χ2v) is 4.29. The third kappa shape index (κ3) is 2.93. The van der Waals surface area contributed by atoms with Crippen molar-refractivity contribution >= 4 is 15.9 Å². The van der Waals surface area contributed by atoms with Crippen LogP contribution in [0.4, 0.5) is 0 Å². The molecule has 3 heteroatoms. The lowest BCUT2D eigenvalue weighted by Crippen LogP contribution is -2.21. The Bertz CT molecular complexity index is 165. The van der Waals surface area contributed by atoms with Crippen LogP contribution >= 0.6 is 15.9 Å². The Balaban J connectivity index is 2.36. The maximum Gasteiger partial charge on any atom is 0.163 e. The molecule has 1 aliphatic heterocycles. The lowest BCUT2D eigenvalue weighted by molar-refractivity contribution is -0.137. The molecule has 0 aliphatic carbocycles. The normalized spacial score (nSPS) is 28.8. The molecule has 0 radical (unpaired) electrons. The first-order valence-electron chi connectivity index (χ1n) is 3.65. The van der Waals surface area contributed by atoms with E-state index in [2.05, 4.69) is 22.5 Å². The van der Waals surface area contributed by atoms with Gasteiger partial charge in [-0.25, -0.2) is 0 Å². The third-order valence-electron chi connectivity index (χ3n) is 1.52. The minimum Gasteiger partial charge on any atom is -0.348 e. The second kappa shape index (κ2) is 3.25. The maximum atomic E-state index is 5.55. The highest BCUT2D eigenvalue weighted by molar-refractivity contribution is 9.11. The van der Waals surface area contributed by atoms with Gasteiger partial charge in [-0.15, -0.1) is 0 Å². The van der Waals surface area contributed by atoms with Gasteiger partial charge in [0.15, 0.2) is 5.79 Å². The van der Waals surface area contributed by atoms with E-state index >= 15 is 0 Å². The predicted octanol–water partition coefficient (Wildman–Crippen LogP) is 2.44. The molecule has 2 nitrogen and oxygen atoms in total. The van der Waals surface area contributed by atoms with Crippen molar-refractivity contribution in [1.29, 1.82) is 0 Å². The maximum absolute atomic E-state index is 5.55. The van der Waals surface area contributed by atoms with Crippen LogP contribution in [0.2, 0.25) is 0 Å². The molecule has 1 heterocycles. The zero-order valence-corrected chi connectivity index (χ0v) is 8.48. The van der Waals surface area contributed by atoms with Gasteiger partial charge < -0.3 is 9.47 Å². The first-order valence-corrected chi connectivity index (χ1v) is 4.44. The monoisotopic (exact) mass is 220 g/mol. The molecule has 11 heavy (non-hydrogen) atoms. The Morgan fingerprint density at radius 1 is 1.73 bits per heavy atom. The third-order valence-corrected chi connectivity index (χ3v) is 1.84. The Labute approximate surface area is 75.7 Å². The largest absolute Gasteiger partial charge is 0.348 e. The lowest BCUT2D eigenvalue weighted by atomic mass is 10.3. The molecule has 0 aromatic rings. The van der Waals surface area contributed by atoms with E-state index in [9.17, 15) is 0 Å². The summed E-state index contributed by atoms with van der Waals surface area (Å²) < 4.78 is 11.9. The molecule has 1 atom stereocenters. The first-order chi connectivity index (χ1) is 4.99. The number of hydrogen-bond acceptors (Lipinski definition) is 2.